The molecule has 1 N–H and O–H groups in total. The Balaban J connectivity index is 1.58. The Morgan fingerprint density at radius 2 is 1.77 bits per heavy atom. The molecule has 5 nitrogen and oxygen atoms in total. The number of aromatic nitrogens is 2. The van der Waals surface area contributed by atoms with Crippen LogP contribution in [0.4, 0.5) is 4.39 Å². The number of benzene rings is 3. The van der Waals surface area contributed by atoms with Gasteiger partial charge in [0, 0.05) is 11.8 Å². The maximum atomic E-state index is 13.2. The summed E-state index contributed by atoms with van der Waals surface area (Å²) in [5, 5.41) is 0. The second-order valence-corrected chi connectivity index (χ2v) is 6.87. The zero-order valence-corrected chi connectivity index (χ0v) is 16.7. The van der Waals surface area contributed by atoms with Crippen molar-refractivity contribution in [1.29, 1.82) is 0 Å². The molecule has 0 bridgehead atoms. The summed E-state index contributed by atoms with van der Waals surface area (Å²) in [5.74, 6) is 0.215. The van der Waals surface area contributed by atoms with Crippen LogP contribution >= 0.6 is 0 Å². The van der Waals surface area contributed by atoms with Crippen LogP contribution in [0.15, 0.2) is 89.9 Å². The Labute approximate surface area is 178 Å². The minimum atomic E-state index is -0.349. The van der Waals surface area contributed by atoms with Crippen molar-refractivity contribution in [1.82, 2.24) is 9.55 Å². The highest BCUT2D eigenvalue weighted by molar-refractivity contribution is 6.07. The predicted molar refractivity (Wildman–Crippen MR) is 118 cm³/mol. The molecule has 0 aliphatic carbocycles. The molecule has 0 aliphatic heterocycles. The maximum absolute atomic E-state index is 13.2. The van der Waals surface area contributed by atoms with E-state index in [0.717, 1.165) is 11.3 Å². The number of ketones is 1. The quantitative estimate of drug-likeness (QED) is 0.361. The van der Waals surface area contributed by atoms with Crippen LogP contribution in [0.1, 0.15) is 15.9 Å². The first-order valence-electron chi connectivity index (χ1n) is 9.58. The Hall–Kier alpha value is -4.19. The van der Waals surface area contributed by atoms with Crippen LogP contribution in [0, 0.1) is 5.82 Å². The van der Waals surface area contributed by atoms with Crippen LogP contribution < -0.4 is 10.4 Å². The number of hydrogen-bond acceptors (Lipinski definition) is 3. The first-order valence-corrected chi connectivity index (χ1v) is 9.58. The van der Waals surface area contributed by atoms with Crippen molar-refractivity contribution in [3.05, 3.63) is 112 Å². The highest BCUT2D eigenvalue weighted by Gasteiger charge is 2.09. The number of aromatic amines is 1. The second kappa shape index (κ2) is 8.67. The van der Waals surface area contributed by atoms with Gasteiger partial charge in [-0.3, -0.25) is 9.36 Å². The van der Waals surface area contributed by atoms with Crippen LogP contribution in [0.2, 0.25) is 0 Å². The molecule has 0 saturated heterocycles. The fourth-order valence-electron chi connectivity index (χ4n) is 3.16. The van der Waals surface area contributed by atoms with Gasteiger partial charge in [-0.1, -0.05) is 30.3 Å². The van der Waals surface area contributed by atoms with Crippen LogP contribution in [0.5, 0.6) is 5.75 Å². The number of rotatable bonds is 6. The summed E-state index contributed by atoms with van der Waals surface area (Å²) in [5.41, 5.74) is 2.78. The molecule has 6 heteroatoms. The molecule has 3 aromatic carbocycles. The van der Waals surface area contributed by atoms with Gasteiger partial charge in [-0.15, -0.1) is 0 Å². The van der Waals surface area contributed by atoms with Crippen molar-refractivity contribution in [2.45, 2.75) is 0 Å². The van der Waals surface area contributed by atoms with Gasteiger partial charge in [0.15, 0.2) is 5.78 Å². The Bertz CT molecular complexity index is 1300. The summed E-state index contributed by atoms with van der Waals surface area (Å²) in [6.45, 7) is 0. The van der Waals surface area contributed by atoms with Gasteiger partial charge in [-0.25, -0.2) is 9.18 Å². The van der Waals surface area contributed by atoms with E-state index in [9.17, 15) is 14.0 Å². The number of carbonyl (C=O) groups excluding carboxylic acids is 1. The summed E-state index contributed by atoms with van der Waals surface area (Å²) < 4.78 is 19.7. The number of hydrogen-bond donors (Lipinski definition) is 1. The predicted octanol–water partition coefficient (Wildman–Crippen LogP) is 4.88. The minimum Gasteiger partial charge on any atom is -0.497 e. The third-order valence-corrected chi connectivity index (χ3v) is 4.83. The Morgan fingerprint density at radius 3 is 2.48 bits per heavy atom. The summed E-state index contributed by atoms with van der Waals surface area (Å²) in [4.78, 5) is 27.8. The lowest BCUT2D eigenvalue weighted by Gasteiger charge is -2.03. The van der Waals surface area contributed by atoms with E-state index in [2.05, 4.69) is 4.98 Å². The molecule has 0 aliphatic rings. The molecule has 0 radical (unpaired) electrons. The second-order valence-electron chi connectivity index (χ2n) is 6.87. The van der Waals surface area contributed by atoms with E-state index in [0.29, 0.717) is 22.5 Å². The van der Waals surface area contributed by atoms with Gasteiger partial charge in [0.25, 0.3) is 0 Å². The molecule has 0 saturated carbocycles. The summed E-state index contributed by atoms with van der Waals surface area (Å²) in [6.07, 6.45) is 4.85. The molecule has 0 unspecified atom stereocenters. The molecule has 0 fully saturated rings. The average molecular weight is 414 g/mol. The SMILES string of the molecule is COc1ccc(/C=C/C(=O)c2cccc(-n3cc(-c4ccc(F)cc4)[nH]c3=O)c2)cc1. The molecular formula is C25H19FN2O3. The smallest absolute Gasteiger partial charge is 0.330 e. The van der Waals surface area contributed by atoms with E-state index in [1.54, 1.807) is 55.8 Å². The molecular weight excluding hydrogens is 395 g/mol. The number of nitrogens with zero attached hydrogens (tertiary/aromatic N) is 1. The Morgan fingerprint density at radius 1 is 1.03 bits per heavy atom. The molecule has 0 atom stereocenters. The number of carbonyl (C=O) groups is 1. The molecule has 0 spiro atoms. The minimum absolute atomic E-state index is 0.181. The zero-order valence-electron chi connectivity index (χ0n) is 16.7. The molecule has 0 amide bonds. The van der Waals surface area contributed by atoms with E-state index < -0.39 is 0 Å². The van der Waals surface area contributed by atoms with Crippen molar-refractivity contribution in [2.75, 3.05) is 7.11 Å². The lowest BCUT2D eigenvalue weighted by atomic mass is 10.1. The van der Waals surface area contributed by atoms with Crippen LogP contribution in [0.3, 0.4) is 0 Å². The molecule has 154 valence electrons. The number of nitrogens with one attached hydrogen (secondary N) is 1. The van der Waals surface area contributed by atoms with Gasteiger partial charge in [0.1, 0.15) is 11.6 Å². The van der Waals surface area contributed by atoms with E-state index >= 15 is 0 Å². The highest BCUT2D eigenvalue weighted by atomic mass is 19.1. The fraction of sp³-hybridized carbons (Fsp3) is 0.0400. The third-order valence-electron chi connectivity index (χ3n) is 4.83. The standard InChI is InChI=1S/C25H19FN2O3/c1-31-22-12-5-17(6-13-22)7-14-24(29)19-3-2-4-21(15-19)28-16-23(27-25(28)30)18-8-10-20(26)11-9-18/h2-16H,1H3,(H,27,30)/b14-7+. The molecule has 31 heavy (non-hydrogen) atoms. The molecule has 1 aromatic heterocycles. The third kappa shape index (κ3) is 4.53. The number of methoxy groups -OCH3 is 1. The lowest BCUT2D eigenvalue weighted by molar-refractivity contribution is 0.104. The zero-order chi connectivity index (χ0) is 21.8. The monoisotopic (exact) mass is 414 g/mol. The van der Waals surface area contributed by atoms with Crippen molar-refractivity contribution < 1.29 is 13.9 Å². The van der Waals surface area contributed by atoms with Gasteiger partial charge >= 0.3 is 5.69 Å². The topological polar surface area (TPSA) is 64.1 Å². The Kier molecular flexibility index (Phi) is 5.62. The van der Waals surface area contributed by atoms with Crippen LogP contribution in [-0.4, -0.2) is 22.4 Å². The number of H-pyrrole nitrogens is 1. The number of ether oxygens (including phenoxy) is 1. The summed E-state index contributed by atoms with van der Waals surface area (Å²) in [6, 6.07) is 20.0. The molecule has 1 heterocycles. The van der Waals surface area contributed by atoms with E-state index in [4.69, 9.17) is 4.74 Å². The number of halogens is 1. The lowest BCUT2D eigenvalue weighted by Crippen LogP contribution is -2.14. The highest BCUT2D eigenvalue weighted by Crippen LogP contribution is 2.19. The van der Waals surface area contributed by atoms with Crippen molar-refractivity contribution in [3.63, 3.8) is 0 Å². The van der Waals surface area contributed by atoms with Crippen LogP contribution in [0.25, 0.3) is 23.0 Å². The number of imidazole rings is 1. The van der Waals surface area contributed by atoms with E-state index in [-0.39, 0.29) is 17.3 Å². The molecule has 4 aromatic rings. The normalized spacial score (nSPS) is 11.0. The van der Waals surface area contributed by atoms with Crippen molar-refractivity contribution in [3.8, 4) is 22.7 Å². The largest absolute Gasteiger partial charge is 0.497 e. The van der Waals surface area contributed by atoms with Crippen LogP contribution in [-0.2, 0) is 0 Å². The average Bonchev–Trinajstić information content (AvgIpc) is 3.20. The van der Waals surface area contributed by atoms with Gasteiger partial charge in [0.2, 0.25) is 0 Å². The fourth-order valence-corrected chi connectivity index (χ4v) is 3.16. The van der Waals surface area contributed by atoms with Gasteiger partial charge < -0.3 is 9.72 Å². The first-order chi connectivity index (χ1) is 15.0. The summed E-state index contributed by atoms with van der Waals surface area (Å²) >= 11 is 0. The van der Waals surface area contributed by atoms with Gasteiger partial charge in [0.05, 0.1) is 18.5 Å². The van der Waals surface area contributed by atoms with Crippen molar-refractivity contribution >= 4 is 11.9 Å². The molecule has 4 rings (SSSR count). The maximum Gasteiger partial charge on any atom is 0.330 e. The first kappa shape index (κ1) is 20.1. The summed E-state index contributed by atoms with van der Waals surface area (Å²) in [7, 11) is 1.60. The van der Waals surface area contributed by atoms with E-state index in [1.165, 1.54) is 22.8 Å². The van der Waals surface area contributed by atoms with E-state index in [1.807, 2.05) is 24.3 Å². The van der Waals surface area contributed by atoms with Gasteiger partial charge in [-0.05, 0) is 65.7 Å². The van der Waals surface area contributed by atoms with Gasteiger partial charge in [-0.2, -0.15) is 0 Å². The van der Waals surface area contributed by atoms with Crippen molar-refractivity contribution in [2.24, 2.45) is 0 Å². The number of allylic oxidation sites excluding steroid dienone is 1.